The van der Waals surface area contributed by atoms with Gasteiger partial charge in [-0.15, -0.1) is 0 Å². The number of benzene rings is 2. The van der Waals surface area contributed by atoms with Crippen LogP contribution in [0.2, 0.25) is 0 Å². The molecule has 0 unspecified atom stereocenters. The number of halogens is 3. The van der Waals surface area contributed by atoms with Gasteiger partial charge in [0.1, 0.15) is 11.6 Å². The van der Waals surface area contributed by atoms with Gasteiger partial charge in [-0.05, 0) is 42.7 Å². The first-order chi connectivity index (χ1) is 9.40. The zero-order valence-corrected chi connectivity index (χ0v) is 12.7. The van der Waals surface area contributed by atoms with Gasteiger partial charge in [0.25, 0.3) is 0 Å². The lowest BCUT2D eigenvalue weighted by atomic mass is 9.95. The first-order valence-electron chi connectivity index (χ1n) is 6.13. The molecule has 0 aromatic heterocycles. The molecule has 1 nitrogen and oxygen atoms in total. The molecule has 0 saturated heterocycles. The van der Waals surface area contributed by atoms with Gasteiger partial charge in [0.15, 0.2) is 5.78 Å². The molecule has 0 aliphatic heterocycles. The molecule has 0 bridgehead atoms. The molecule has 4 heteroatoms. The average Bonchev–Trinajstić information content (AvgIpc) is 2.32. The molecule has 0 radical (unpaired) electrons. The van der Waals surface area contributed by atoms with E-state index in [1.54, 1.807) is 0 Å². The van der Waals surface area contributed by atoms with E-state index in [2.05, 4.69) is 15.9 Å². The molecule has 0 spiro atoms. The third-order valence-corrected chi connectivity index (χ3v) is 3.73. The molecule has 0 heterocycles. The monoisotopic (exact) mass is 338 g/mol. The van der Waals surface area contributed by atoms with Crippen LogP contribution in [0, 0.1) is 25.5 Å². The topological polar surface area (TPSA) is 17.1 Å². The van der Waals surface area contributed by atoms with Gasteiger partial charge in [0.05, 0.1) is 5.56 Å². The molecule has 0 aliphatic carbocycles. The lowest BCUT2D eigenvalue weighted by molar-refractivity contribution is 0.0984. The standard InChI is InChI=1S/C16H13BrF2O/c1-9-4-3-5-10(2)12(9)8-15(20)16-13(18)6-11(17)7-14(16)19/h3-7H,8H2,1-2H3. The van der Waals surface area contributed by atoms with Crippen molar-refractivity contribution in [3.05, 3.63) is 68.7 Å². The maximum atomic E-state index is 13.8. The highest BCUT2D eigenvalue weighted by Crippen LogP contribution is 2.22. The summed E-state index contributed by atoms with van der Waals surface area (Å²) in [5.41, 5.74) is 2.22. The summed E-state index contributed by atoms with van der Waals surface area (Å²) in [7, 11) is 0. The number of aryl methyl sites for hydroxylation is 2. The maximum Gasteiger partial charge on any atom is 0.173 e. The van der Waals surface area contributed by atoms with Crippen LogP contribution in [-0.2, 0) is 6.42 Å². The fourth-order valence-corrected chi connectivity index (χ4v) is 2.59. The van der Waals surface area contributed by atoms with Gasteiger partial charge >= 0.3 is 0 Å². The summed E-state index contributed by atoms with van der Waals surface area (Å²) in [4.78, 5) is 12.2. The van der Waals surface area contributed by atoms with Crippen molar-refractivity contribution in [3.8, 4) is 0 Å². The summed E-state index contributed by atoms with van der Waals surface area (Å²) in [5.74, 6) is -2.23. The van der Waals surface area contributed by atoms with E-state index >= 15 is 0 Å². The minimum atomic E-state index is -0.840. The Labute approximate surface area is 124 Å². The fourth-order valence-electron chi connectivity index (χ4n) is 2.19. The van der Waals surface area contributed by atoms with Gasteiger partial charge in [0, 0.05) is 10.9 Å². The summed E-state index contributed by atoms with van der Waals surface area (Å²) >= 11 is 2.99. The van der Waals surface area contributed by atoms with E-state index in [-0.39, 0.29) is 10.9 Å². The van der Waals surface area contributed by atoms with E-state index in [1.807, 2.05) is 32.0 Å². The van der Waals surface area contributed by atoms with Gasteiger partial charge in [-0.3, -0.25) is 4.79 Å². The van der Waals surface area contributed by atoms with Crippen molar-refractivity contribution in [2.45, 2.75) is 20.3 Å². The van der Waals surface area contributed by atoms with E-state index < -0.39 is 23.0 Å². The lowest BCUT2D eigenvalue weighted by Gasteiger charge is -2.10. The zero-order valence-electron chi connectivity index (χ0n) is 11.1. The Balaban J connectivity index is 2.39. The SMILES string of the molecule is Cc1cccc(C)c1CC(=O)c1c(F)cc(Br)cc1F. The Kier molecular flexibility index (Phi) is 4.33. The molecule has 0 fully saturated rings. The average molecular weight is 339 g/mol. The van der Waals surface area contributed by atoms with Gasteiger partial charge in [-0.2, -0.15) is 0 Å². The van der Waals surface area contributed by atoms with Crippen LogP contribution in [0.4, 0.5) is 8.78 Å². The predicted octanol–water partition coefficient (Wildman–Crippen LogP) is 4.77. The molecule has 0 saturated carbocycles. The Hall–Kier alpha value is -1.55. The molecule has 20 heavy (non-hydrogen) atoms. The first-order valence-corrected chi connectivity index (χ1v) is 6.92. The van der Waals surface area contributed by atoms with Gasteiger partial charge in [-0.25, -0.2) is 8.78 Å². The highest BCUT2D eigenvalue weighted by Gasteiger charge is 2.19. The molecule has 0 amide bonds. The second-order valence-corrected chi connectivity index (χ2v) is 5.63. The molecule has 0 atom stereocenters. The highest BCUT2D eigenvalue weighted by atomic mass is 79.9. The van der Waals surface area contributed by atoms with Crippen LogP contribution in [0.5, 0.6) is 0 Å². The normalized spacial score (nSPS) is 10.7. The van der Waals surface area contributed by atoms with Crippen molar-refractivity contribution >= 4 is 21.7 Å². The maximum absolute atomic E-state index is 13.8. The highest BCUT2D eigenvalue weighted by molar-refractivity contribution is 9.10. The minimum absolute atomic E-state index is 0.00597. The van der Waals surface area contributed by atoms with Crippen LogP contribution < -0.4 is 0 Å². The molecular formula is C16H13BrF2O. The largest absolute Gasteiger partial charge is 0.294 e. The fraction of sp³-hybridized carbons (Fsp3) is 0.188. The number of carbonyl (C=O) groups is 1. The molecule has 0 N–H and O–H groups in total. The van der Waals surface area contributed by atoms with Crippen LogP contribution in [0.1, 0.15) is 27.0 Å². The van der Waals surface area contributed by atoms with Crippen LogP contribution in [0.3, 0.4) is 0 Å². The Morgan fingerprint density at radius 3 is 2.10 bits per heavy atom. The van der Waals surface area contributed by atoms with E-state index in [9.17, 15) is 13.6 Å². The third-order valence-electron chi connectivity index (χ3n) is 3.27. The van der Waals surface area contributed by atoms with E-state index in [0.717, 1.165) is 28.8 Å². The van der Waals surface area contributed by atoms with Crippen LogP contribution in [-0.4, -0.2) is 5.78 Å². The number of hydrogen-bond donors (Lipinski definition) is 0. The van der Waals surface area contributed by atoms with Gasteiger partial charge < -0.3 is 0 Å². The summed E-state index contributed by atoms with van der Waals surface area (Å²) in [6, 6.07) is 7.84. The van der Waals surface area contributed by atoms with E-state index in [0.29, 0.717) is 0 Å². The molecule has 0 aliphatic rings. The summed E-state index contributed by atoms with van der Waals surface area (Å²) in [6.45, 7) is 3.76. The number of ketones is 1. The van der Waals surface area contributed by atoms with Crippen LogP contribution in [0.15, 0.2) is 34.8 Å². The molecule has 104 valence electrons. The predicted molar refractivity (Wildman–Crippen MR) is 78.0 cm³/mol. The number of Topliss-reactive ketones (excluding diaryl/α,β-unsaturated/α-hetero) is 1. The van der Waals surface area contributed by atoms with Crippen molar-refractivity contribution in [1.82, 2.24) is 0 Å². The third kappa shape index (κ3) is 2.96. The summed E-state index contributed by atoms with van der Waals surface area (Å²) in [6.07, 6.45) is -0.00597. The summed E-state index contributed by atoms with van der Waals surface area (Å²) < 4.78 is 27.8. The first kappa shape index (κ1) is 14.9. The Morgan fingerprint density at radius 2 is 1.60 bits per heavy atom. The number of rotatable bonds is 3. The van der Waals surface area contributed by atoms with Crippen molar-refractivity contribution in [2.24, 2.45) is 0 Å². The van der Waals surface area contributed by atoms with Crippen molar-refractivity contribution < 1.29 is 13.6 Å². The van der Waals surface area contributed by atoms with Crippen molar-refractivity contribution in [2.75, 3.05) is 0 Å². The molecule has 2 aromatic carbocycles. The number of carbonyl (C=O) groups excluding carboxylic acids is 1. The quantitative estimate of drug-likeness (QED) is 0.736. The second-order valence-electron chi connectivity index (χ2n) is 4.71. The van der Waals surface area contributed by atoms with E-state index in [4.69, 9.17) is 0 Å². The van der Waals surface area contributed by atoms with E-state index in [1.165, 1.54) is 0 Å². The lowest BCUT2D eigenvalue weighted by Crippen LogP contribution is -2.11. The van der Waals surface area contributed by atoms with Crippen LogP contribution in [0.25, 0.3) is 0 Å². The van der Waals surface area contributed by atoms with Crippen molar-refractivity contribution in [1.29, 1.82) is 0 Å². The second kappa shape index (κ2) is 5.83. The van der Waals surface area contributed by atoms with Crippen LogP contribution >= 0.6 is 15.9 Å². The zero-order chi connectivity index (χ0) is 14.9. The summed E-state index contributed by atoms with van der Waals surface area (Å²) in [5, 5.41) is 0. The van der Waals surface area contributed by atoms with Gasteiger partial charge in [0.2, 0.25) is 0 Å². The Morgan fingerprint density at radius 1 is 1.10 bits per heavy atom. The van der Waals surface area contributed by atoms with Crippen molar-refractivity contribution in [3.63, 3.8) is 0 Å². The molecule has 2 aromatic rings. The van der Waals surface area contributed by atoms with Gasteiger partial charge in [-0.1, -0.05) is 34.1 Å². The Bertz CT molecular complexity index is 637. The minimum Gasteiger partial charge on any atom is -0.294 e. The number of hydrogen-bond acceptors (Lipinski definition) is 1. The smallest absolute Gasteiger partial charge is 0.173 e. The molecular weight excluding hydrogens is 326 g/mol. The molecule has 2 rings (SSSR count).